The Labute approximate surface area is 175 Å². The fourth-order valence-electron chi connectivity index (χ4n) is 3.45. The molecule has 0 radical (unpaired) electrons. The number of nitrogens with one attached hydrogen (secondary N) is 1. The number of guanidine groups is 1. The number of fused-ring (bicyclic) bond motifs is 1. The minimum absolute atomic E-state index is 0. The Morgan fingerprint density at radius 2 is 2.19 bits per heavy atom. The van der Waals surface area contributed by atoms with Crippen molar-refractivity contribution in [3.63, 3.8) is 0 Å². The van der Waals surface area contributed by atoms with Crippen LogP contribution >= 0.6 is 24.0 Å². The number of halogens is 3. The number of benzene rings is 1. The van der Waals surface area contributed by atoms with Crippen molar-refractivity contribution in [3.8, 4) is 0 Å². The van der Waals surface area contributed by atoms with Gasteiger partial charge in [-0.15, -0.1) is 30.6 Å². The summed E-state index contributed by atoms with van der Waals surface area (Å²) in [6.45, 7) is 5.51. The van der Waals surface area contributed by atoms with Crippen LogP contribution in [0.2, 0.25) is 0 Å². The van der Waals surface area contributed by atoms with E-state index in [4.69, 9.17) is 0 Å². The predicted octanol–water partition coefficient (Wildman–Crippen LogP) is 2.51. The minimum Gasteiger partial charge on any atom is -0.353 e. The van der Waals surface area contributed by atoms with Crippen molar-refractivity contribution in [1.82, 2.24) is 10.2 Å². The molecule has 2 aliphatic rings. The molecule has 0 aliphatic carbocycles. The Morgan fingerprint density at radius 3 is 2.85 bits per heavy atom. The van der Waals surface area contributed by atoms with Gasteiger partial charge in [-0.3, -0.25) is 4.99 Å². The number of nitrogens with zero attached hydrogens (tertiary/aromatic N) is 2. The first-order valence-corrected chi connectivity index (χ1v) is 10.5. The third-order valence-corrected chi connectivity index (χ3v) is 6.61. The van der Waals surface area contributed by atoms with Gasteiger partial charge in [0, 0.05) is 32.2 Å². The van der Waals surface area contributed by atoms with Gasteiger partial charge in [-0.2, -0.15) is 0 Å². The minimum atomic E-state index is -2.94. The van der Waals surface area contributed by atoms with Crippen LogP contribution < -0.4 is 5.32 Å². The molecule has 1 unspecified atom stereocenters. The third kappa shape index (κ3) is 5.63. The highest BCUT2D eigenvalue weighted by Gasteiger charge is 2.28. The highest BCUT2D eigenvalue weighted by atomic mass is 127. The molecule has 1 saturated heterocycles. The molecule has 3 rings (SSSR count). The second-order valence-electron chi connectivity index (χ2n) is 6.80. The summed E-state index contributed by atoms with van der Waals surface area (Å²) in [6, 6.07) is 2.28. The summed E-state index contributed by atoms with van der Waals surface area (Å²) in [7, 11) is -2.94. The van der Waals surface area contributed by atoms with Crippen molar-refractivity contribution >= 4 is 39.8 Å². The quantitative estimate of drug-likeness (QED) is 0.292. The van der Waals surface area contributed by atoms with Gasteiger partial charge in [-0.05, 0) is 36.0 Å². The molecule has 1 aromatic carbocycles. The molecule has 5 nitrogen and oxygen atoms in total. The molecule has 27 heavy (non-hydrogen) atoms. The van der Waals surface area contributed by atoms with E-state index in [0.717, 1.165) is 6.07 Å². The molecule has 0 amide bonds. The lowest BCUT2D eigenvalue weighted by molar-refractivity contribution is 0.369. The number of hydrogen-bond donors (Lipinski definition) is 1. The standard InChI is InChI=1S/C18H23F2N3O2S.HI/c1-2-5-21-18(22-10-13-4-7-26(24,25)12-13)23-6-3-16-14(11-23)8-15(19)9-17(16)20;/h2,8-9,13H,1,3-7,10-12H2,(H,21,22);1H. The van der Waals surface area contributed by atoms with Gasteiger partial charge in [0.2, 0.25) is 0 Å². The lowest BCUT2D eigenvalue weighted by Gasteiger charge is -2.32. The van der Waals surface area contributed by atoms with Crippen LogP contribution in [0.15, 0.2) is 29.8 Å². The maximum atomic E-state index is 13.9. The van der Waals surface area contributed by atoms with Crippen molar-refractivity contribution in [2.24, 2.45) is 10.9 Å². The molecule has 0 bridgehead atoms. The van der Waals surface area contributed by atoms with Crippen LogP contribution in [0.5, 0.6) is 0 Å². The average Bonchev–Trinajstić information content (AvgIpc) is 2.93. The largest absolute Gasteiger partial charge is 0.353 e. The van der Waals surface area contributed by atoms with Crippen molar-refractivity contribution in [2.75, 3.05) is 31.1 Å². The van der Waals surface area contributed by atoms with Crippen LogP contribution in [0.25, 0.3) is 0 Å². The highest BCUT2D eigenvalue weighted by molar-refractivity contribution is 14.0. The summed E-state index contributed by atoms with van der Waals surface area (Å²) in [5, 5.41) is 3.16. The monoisotopic (exact) mass is 511 g/mol. The van der Waals surface area contributed by atoms with Crippen LogP contribution in [0.3, 0.4) is 0 Å². The van der Waals surface area contributed by atoms with E-state index in [2.05, 4.69) is 16.9 Å². The SMILES string of the molecule is C=CCNC(=NCC1CCS(=O)(=O)C1)N1CCc2c(F)cc(F)cc2C1.I. The Bertz CT molecular complexity index is 830. The topological polar surface area (TPSA) is 61.8 Å². The molecule has 1 aromatic rings. The smallest absolute Gasteiger partial charge is 0.194 e. The molecule has 150 valence electrons. The summed E-state index contributed by atoms with van der Waals surface area (Å²) in [6.07, 6.45) is 2.79. The molecule has 0 aromatic heterocycles. The summed E-state index contributed by atoms with van der Waals surface area (Å²) >= 11 is 0. The lowest BCUT2D eigenvalue weighted by atomic mass is 9.99. The van der Waals surface area contributed by atoms with E-state index in [1.165, 1.54) is 6.07 Å². The summed E-state index contributed by atoms with van der Waals surface area (Å²) < 4.78 is 50.7. The van der Waals surface area contributed by atoms with E-state index in [0.29, 0.717) is 56.1 Å². The normalized spacial score (nSPS) is 21.3. The molecular weight excluding hydrogens is 487 g/mol. The third-order valence-electron chi connectivity index (χ3n) is 4.78. The second kappa shape index (κ2) is 9.31. The number of rotatable bonds is 4. The van der Waals surface area contributed by atoms with Gasteiger partial charge in [-0.25, -0.2) is 17.2 Å². The van der Waals surface area contributed by atoms with Crippen LogP contribution in [-0.2, 0) is 22.8 Å². The van der Waals surface area contributed by atoms with Gasteiger partial charge in [0.15, 0.2) is 15.8 Å². The average molecular weight is 511 g/mol. The Kier molecular flexibility index (Phi) is 7.61. The first-order valence-electron chi connectivity index (χ1n) is 8.69. The number of sulfone groups is 1. The van der Waals surface area contributed by atoms with Gasteiger partial charge < -0.3 is 10.2 Å². The molecule has 2 aliphatic heterocycles. The molecule has 1 atom stereocenters. The summed E-state index contributed by atoms with van der Waals surface area (Å²) in [5.41, 5.74) is 1.16. The van der Waals surface area contributed by atoms with E-state index in [9.17, 15) is 17.2 Å². The van der Waals surface area contributed by atoms with E-state index >= 15 is 0 Å². The molecule has 1 N–H and O–H groups in total. The Balaban J connectivity index is 0.00000261. The van der Waals surface area contributed by atoms with Crippen LogP contribution in [-0.4, -0.2) is 50.4 Å². The zero-order valence-electron chi connectivity index (χ0n) is 15.0. The first kappa shape index (κ1) is 22.1. The van der Waals surface area contributed by atoms with E-state index in [1.807, 2.05) is 4.90 Å². The number of hydrogen-bond acceptors (Lipinski definition) is 3. The van der Waals surface area contributed by atoms with Crippen molar-refractivity contribution in [1.29, 1.82) is 0 Å². The molecule has 2 heterocycles. The van der Waals surface area contributed by atoms with Gasteiger partial charge in [-0.1, -0.05) is 6.08 Å². The van der Waals surface area contributed by atoms with Gasteiger partial charge in [0.25, 0.3) is 0 Å². The fourth-order valence-corrected chi connectivity index (χ4v) is 5.30. The van der Waals surface area contributed by atoms with Crippen molar-refractivity contribution in [3.05, 3.63) is 47.5 Å². The maximum absolute atomic E-state index is 13.9. The molecular formula is C18H24F2IN3O2S. The van der Waals surface area contributed by atoms with E-state index in [1.54, 1.807) is 6.08 Å². The number of aliphatic imine (C=N–C) groups is 1. The highest BCUT2D eigenvalue weighted by Crippen LogP contribution is 2.24. The maximum Gasteiger partial charge on any atom is 0.194 e. The molecule has 0 saturated carbocycles. The fraction of sp³-hybridized carbons (Fsp3) is 0.500. The van der Waals surface area contributed by atoms with Crippen LogP contribution in [0, 0.1) is 17.6 Å². The van der Waals surface area contributed by atoms with Crippen LogP contribution in [0.1, 0.15) is 17.5 Å². The van der Waals surface area contributed by atoms with Crippen molar-refractivity contribution in [2.45, 2.75) is 19.4 Å². The second-order valence-corrected chi connectivity index (χ2v) is 9.03. The summed E-state index contributed by atoms with van der Waals surface area (Å²) in [5.74, 6) is -0.0647. The predicted molar refractivity (Wildman–Crippen MR) is 113 cm³/mol. The molecule has 9 heteroatoms. The van der Waals surface area contributed by atoms with Crippen molar-refractivity contribution < 1.29 is 17.2 Å². The molecule has 1 fully saturated rings. The Hall–Kier alpha value is -1.23. The summed E-state index contributed by atoms with van der Waals surface area (Å²) in [4.78, 5) is 6.52. The zero-order valence-corrected chi connectivity index (χ0v) is 18.1. The van der Waals surface area contributed by atoms with Crippen LogP contribution in [0.4, 0.5) is 8.78 Å². The first-order chi connectivity index (χ1) is 12.4. The van der Waals surface area contributed by atoms with Gasteiger partial charge in [0.05, 0.1) is 11.5 Å². The molecule has 0 spiro atoms. The lowest BCUT2D eigenvalue weighted by Crippen LogP contribution is -2.44. The van der Waals surface area contributed by atoms with E-state index < -0.39 is 21.5 Å². The van der Waals surface area contributed by atoms with E-state index in [-0.39, 0.29) is 41.4 Å². The Morgan fingerprint density at radius 1 is 1.41 bits per heavy atom. The zero-order chi connectivity index (χ0) is 18.7. The van der Waals surface area contributed by atoms with Gasteiger partial charge in [0.1, 0.15) is 11.6 Å². The van der Waals surface area contributed by atoms with Gasteiger partial charge >= 0.3 is 0 Å².